The number of nitrogens with two attached hydrogens (primary N) is 2. The van der Waals surface area contributed by atoms with Crippen molar-refractivity contribution in [2.75, 3.05) is 6.54 Å². The van der Waals surface area contributed by atoms with Crippen molar-refractivity contribution in [3.05, 3.63) is 49.2 Å². The summed E-state index contributed by atoms with van der Waals surface area (Å²) in [6.07, 6.45) is 4.63. The Hall–Kier alpha value is -0.946. The minimum atomic E-state index is -0.627. The number of hydrogen-bond donors (Lipinski definition) is 3. The predicted molar refractivity (Wildman–Crippen MR) is 122 cm³/mol. The molecule has 1 aromatic rings. The predicted octanol–water partition coefficient (Wildman–Crippen LogP) is 2.79. The molecular formula is C24H39N3O3Y-2. The molecule has 0 spiro atoms. The van der Waals surface area contributed by atoms with Crippen molar-refractivity contribution < 1.29 is 47.1 Å². The molecule has 3 atom stereocenters. The number of ketones is 2. The van der Waals surface area contributed by atoms with Crippen molar-refractivity contribution in [3.8, 4) is 0 Å². The third-order valence-electron chi connectivity index (χ3n) is 4.55. The molecule has 31 heavy (non-hydrogen) atoms. The zero-order chi connectivity index (χ0) is 22.9. The summed E-state index contributed by atoms with van der Waals surface area (Å²) in [6.45, 7) is 9.78. The van der Waals surface area contributed by atoms with Gasteiger partial charge in [-0.3, -0.25) is 9.59 Å². The Morgan fingerprint density at radius 2 is 1.68 bits per heavy atom. The van der Waals surface area contributed by atoms with E-state index < -0.39 is 18.0 Å². The summed E-state index contributed by atoms with van der Waals surface area (Å²) in [5.74, 6) is -1.15. The van der Waals surface area contributed by atoms with Crippen LogP contribution in [0.25, 0.3) is 0 Å². The van der Waals surface area contributed by atoms with Crippen LogP contribution in [-0.2, 0) is 53.5 Å². The Balaban J connectivity index is 0. The van der Waals surface area contributed by atoms with Gasteiger partial charge >= 0.3 is 0 Å². The van der Waals surface area contributed by atoms with Gasteiger partial charge in [-0.2, -0.15) is 13.8 Å². The van der Waals surface area contributed by atoms with Crippen LogP contribution in [-0.4, -0.2) is 36.1 Å². The largest absolute Gasteiger partial charge is 0.346 e. The van der Waals surface area contributed by atoms with E-state index >= 15 is 0 Å². The minimum Gasteiger partial charge on any atom is -0.346 e. The van der Waals surface area contributed by atoms with Crippen LogP contribution in [0.3, 0.4) is 0 Å². The molecule has 1 radical (unpaired) electrons. The first-order chi connectivity index (χ1) is 14.3. The average molecular weight is 507 g/mol. The number of nitrogens with one attached hydrogen (secondary N) is 1. The molecule has 0 aliphatic carbocycles. The second-order valence-electron chi connectivity index (χ2n) is 7.49. The molecule has 1 rings (SSSR count). The number of hydrogen-bond acceptors (Lipinski definition) is 5. The van der Waals surface area contributed by atoms with Crippen LogP contribution in [0.5, 0.6) is 0 Å². The fourth-order valence-corrected chi connectivity index (χ4v) is 2.86. The summed E-state index contributed by atoms with van der Waals surface area (Å²) in [7, 11) is 0. The van der Waals surface area contributed by atoms with E-state index in [0.29, 0.717) is 19.4 Å². The third kappa shape index (κ3) is 14.7. The Kier molecular flexibility index (Phi) is 20.5. The number of rotatable bonds is 13. The number of benzene rings is 1. The number of Topliss-reactive ketones (excluding diaryl/α,β-unsaturated/α-hetero) is 2. The van der Waals surface area contributed by atoms with Crippen molar-refractivity contribution in [1.82, 2.24) is 5.32 Å². The van der Waals surface area contributed by atoms with Crippen LogP contribution >= 0.6 is 0 Å². The van der Waals surface area contributed by atoms with Crippen LogP contribution in [0.15, 0.2) is 30.3 Å². The average Bonchev–Trinajstić information content (AvgIpc) is 2.73. The molecule has 0 aliphatic heterocycles. The van der Waals surface area contributed by atoms with E-state index in [9.17, 15) is 14.4 Å². The van der Waals surface area contributed by atoms with Crippen molar-refractivity contribution >= 4 is 17.5 Å². The molecule has 1 unspecified atom stereocenters. The molecule has 0 saturated carbocycles. The van der Waals surface area contributed by atoms with E-state index in [1.807, 2.05) is 50.6 Å². The van der Waals surface area contributed by atoms with Gasteiger partial charge in [-0.25, -0.2) is 0 Å². The van der Waals surface area contributed by atoms with Crippen LogP contribution in [0.2, 0.25) is 0 Å². The van der Waals surface area contributed by atoms with E-state index in [0.717, 1.165) is 18.4 Å². The fourth-order valence-electron chi connectivity index (χ4n) is 2.86. The Bertz CT molecular complexity index is 624. The van der Waals surface area contributed by atoms with Crippen LogP contribution < -0.4 is 16.8 Å². The van der Waals surface area contributed by atoms with E-state index in [-0.39, 0.29) is 63.0 Å². The summed E-state index contributed by atoms with van der Waals surface area (Å²) >= 11 is 0. The first-order valence-electron chi connectivity index (χ1n) is 10.7. The maximum Gasteiger partial charge on any atom is 0.224 e. The second kappa shape index (κ2) is 19.7. The number of unbranched alkanes of at least 4 members (excludes halogenated alkanes) is 1. The molecule has 6 nitrogen and oxygen atoms in total. The van der Waals surface area contributed by atoms with E-state index in [4.69, 9.17) is 11.5 Å². The monoisotopic (exact) mass is 506 g/mol. The summed E-state index contributed by atoms with van der Waals surface area (Å²) in [5, 5.41) is 2.83. The zero-order valence-electron chi connectivity index (χ0n) is 19.3. The molecule has 0 bridgehead atoms. The molecule has 0 aliphatic rings. The van der Waals surface area contributed by atoms with Gasteiger partial charge in [0.2, 0.25) is 5.91 Å². The summed E-state index contributed by atoms with van der Waals surface area (Å²) in [5.41, 5.74) is 12.1. The quantitative estimate of drug-likeness (QED) is 0.281. The van der Waals surface area contributed by atoms with Gasteiger partial charge in [0.1, 0.15) is 11.6 Å². The molecule has 0 aromatic heterocycles. The molecule has 5 N–H and O–H groups in total. The van der Waals surface area contributed by atoms with Crippen molar-refractivity contribution in [2.45, 2.75) is 71.4 Å². The van der Waals surface area contributed by atoms with Crippen LogP contribution in [0, 0.1) is 19.3 Å². The van der Waals surface area contributed by atoms with Gasteiger partial charge in [-0.1, -0.05) is 30.3 Å². The molecule has 0 heterocycles. The van der Waals surface area contributed by atoms with E-state index in [1.165, 1.54) is 0 Å². The fraction of sp³-hybridized carbons (Fsp3) is 0.542. The van der Waals surface area contributed by atoms with Crippen LogP contribution in [0.1, 0.15) is 58.4 Å². The Labute approximate surface area is 213 Å². The van der Waals surface area contributed by atoms with Gasteiger partial charge in [-0.05, 0) is 44.7 Å². The number of carbonyl (C=O) groups is 3. The third-order valence-corrected chi connectivity index (χ3v) is 4.55. The van der Waals surface area contributed by atoms with Gasteiger partial charge in [0, 0.05) is 45.0 Å². The van der Waals surface area contributed by atoms with Crippen molar-refractivity contribution in [3.63, 3.8) is 0 Å². The maximum absolute atomic E-state index is 12.9. The zero-order valence-corrected chi connectivity index (χ0v) is 22.1. The Morgan fingerprint density at radius 1 is 1.10 bits per heavy atom. The number of amides is 1. The molecule has 173 valence electrons. The SMILES string of the molecule is C[CH-]C.[CH2-]CC(=O)C(CCCCN)NC(=O)[C@H](CC(=O)[C@H](C)N)Cc1ccccc1.[Y]. The van der Waals surface area contributed by atoms with E-state index in [2.05, 4.69) is 12.2 Å². The van der Waals surface area contributed by atoms with E-state index in [1.54, 1.807) is 6.92 Å². The standard InChI is InChI=1S/C21H32N3O3.C3H7.Y/c1-3-19(25)18(11-7-8-12-22)24-21(27)17(14-20(26)15(2)23)13-16-9-5-4-6-10-16;1-3-2;/h4-6,9-10,15,17-18H,1,3,7-8,11-14,22-23H2,2H3,(H,24,27);3H,1-2H3;/q2*-1;/t15-,17-,18?;;/m0../s1. The summed E-state index contributed by atoms with van der Waals surface area (Å²) < 4.78 is 0. The first-order valence-corrected chi connectivity index (χ1v) is 10.7. The van der Waals surface area contributed by atoms with Crippen LogP contribution in [0.4, 0.5) is 0 Å². The number of carbonyl (C=O) groups excluding carboxylic acids is 3. The molecule has 1 amide bonds. The molecule has 1 aromatic carbocycles. The normalized spacial score (nSPS) is 13.0. The first kappa shape index (κ1) is 32.2. The maximum atomic E-state index is 12.9. The molecular weight excluding hydrogens is 467 g/mol. The summed E-state index contributed by atoms with van der Waals surface area (Å²) in [6, 6.07) is 8.28. The minimum absolute atomic E-state index is 0. The van der Waals surface area contributed by atoms with Gasteiger partial charge in [0.15, 0.2) is 0 Å². The van der Waals surface area contributed by atoms with Gasteiger partial charge in [0.25, 0.3) is 0 Å². The van der Waals surface area contributed by atoms with Crippen molar-refractivity contribution in [2.24, 2.45) is 17.4 Å². The summed E-state index contributed by atoms with van der Waals surface area (Å²) in [4.78, 5) is 37.2. The Morgan fingerprint density at radius 3 is 2.16 bits per heavy atom. The van der Waals surface area contributed by atoms with Gasteiger partial charge in [0.05, 0.1) is 12.1 Å². The molecule has 0 fully saturated rings. The topological polar surface area (TPSA) is 115 Å². The molecule has 7 heteroatoms. The van der Waals surface area contributed by atoms with Gasteiger partial charge < -0.3 is 34.9 Å². The molecule has 0 saturated heterocycles. The van der Waals surface area contributed by atoms with Crippen molar-refractivity contribution in [1.29, 1.82) is 0 Å². The smallest absolute Gasteiger partial charge is 0.224 e. The van der Waals surface area contributed by atoms with Gasteiger partial charge in [-0.15, -0.1) is 6.42 Å². The second-order valence-corrected chi connectivity index (χ2v) is 7.49.